The van der Waals surface area contributed by atoms with Crippen LogP contribution in [0.4, 0.5) is 14.9 Å². The van der Waals surface area contributed by atoms with Gasteiger partial charge in [0.15, 0.2) is 11.6 Å². The summed E-state index contributed by atoms with van der Waals surface area (Å²) in [6.07, 6.45) is 1.48. The number of aryl methyl sites for hydroxylation is 1. The van der Waals surface area contributed by atoms with Gasteiger partial charge in [0.2, 0.25) is 5.88 Å². The van der Waals surface area contributed by atoms with E-state index in [1.165, 1.54) is 42.8 Å². The maximum Gasteiger partial charge on any atom is 0.412 e. The Kier molecular flexibility index (Phi) is 7.16. The Bertz CT molecular complexity index is 1740. The standard InChI is InChI=1S/C27H21FN6O4S/c1-14-6-18(25-21(7-14)33-24(36-3)12-31-25)26-34-20-8-19(28)22(9-23(20)39-26)37-13-15(2)38-27(35)32-17-5-4-16(10-29)30-11-17/h4-9,11-12,15H,13H2,1-3H3,(H,32,35)/t15-/m1/s1. The lowest BCUT2D eigenvalue weighted by Crippen LogP contribution is -2.25. The molecule has 2 aromatic carbocycles. The summed E-state index contributed by atoms with van der Waals surface area (Å²) in [7, 11) is 1.53. The molecule has 10 nitrogen and oxygen atoms in total. The van der Waals surface area contributed by atoms with E-state index in [0.717, 1.165) is 15.8 Å². The molecular formula is C27H21FN6O4S. The van der Waals surface area contributed by atoms with Gasteiger partial charge >= 0.3 is 6.09 Å². The van der Waals surface area contributed by atoms with Crippen LogP contribution in [0, 0.1) is 24.1 Å². The molecule has 1 N–H and O–H groups in total. The van der Waals surface area contributed by atoms with Crippen LogP contribution in [0.5, 0.6) is 11.6 Å². The SMILES string of the molecule is COc1cnc2c(-c3nc4cc(F)c(OC[C@@H](C)OC(=O)Nc5ccc(C#N)nc5)cc4s3)cc(C)cc2n1. The minimum atomic E-state index is -0.730. The van der Waals surface area contributed by atoms with Crippen molar-refractivity contribution in [3.8, 4) is 28.3 Å². The number of nitriles is 1. The van der Waals surface area contributed by atoms with Crippen LogP contribution >= 0.6 is 11.3 Å². The predicted molar refractivity (Wildman–Crippen MR) is 143 cm³/mol. The maximum atomic E-state index is 14.8. The average Bonchev–Trinajstić information content (AvgIpc) is 3.33. The molecule has 0 spiro atoms. The summed E-state index contributed by atoms with van der Waals surface area (Å²) in [4.78, 5) is 29.6. The number of nitrogens with one attached hydrogen (secondary N) is 1. The molecule has 5 aromatic rings. The highest BCUT2D eigenvalue weighted by atomic mass is 32.1. The third-order valence-corrected chi connectivity index (χ3v) is 6.61. The third-order valence-electron chi connectivity index (χ3n) is 5.56. The molecule has 1 amide bonds. The minimum Gasteiger partial charge on any atom is -0.487 e. The number of anilines is 1. The zero-order valence-corrected chi connectivity index (χ0v) is 21.9. The number of rotatable bonds is 7. The van der Waals surface area contributed by atoms with E-state index >= 15 is 0 Å². The number of aromatic nitrogens is 4. The molecule has 5 rings (SSSR count). The summed E-state index contributed by atoms with van der Waals surface area (Å²) in [5.41, 5.74) is 4.18. The first-order valence-electron chi connectivity index (χ1n) is 11.7. The van der Waals surface area contributed by atoms with E-state index in [1.54, 1.807) is 19.2 Å². The number of hydrogen-bond donors (Lipinski definition) is 1. The largest absolute Gasteiger partial charge is 0.487 e. The van der Waals surface area contributed by atoms with Gasteiger partial charge in [0, 0.05) is 17.7 Å². The van der Waals surface area contributed by atoms with Gasteiger partial charge in [-0.3, -0.25) is 5.32 Å². The molecule has 0 unspecified atom stereocenters. The number of carbonyl (C=O) groups excluding carboxylic acids is 1. The quantitative estimate of drug-likeness (QED) is 0.276. The van der Waals surface area contributed by atoms with Crippen LogP contribution in [0.25, 0.3) is 31.8 Å². The van der Waals surface area contributed by atoms with Gasteiger partial charge in [-0.2, -0.15) is 5.26 Å². The first kappa shape index (κ1) is 25.7. The molecule has 0 radical (unpaired) electrons. The molecule has 1 atom stereocenters. The molecule has 12 heteroatoms. The number of pyridine rings is 1. The second kappa shape index (κ2) is 10.8. The molecule has 196 valence electrons. The van der Waals surface area contributed by atoms with Crippen LogP contribution < -0.4 is 14.8 Å². The molecule has 3 heterocycles. The van der Waals surface area contributed by atoms with Crippen LogP contribution in [0.15, 0.2) is 48.8 Å². The summed E-state index contributed by atoms with van der Waals surface area (Å²) in [6.45, 7) is 3.50. The molecule has 0 aliphatic rings. The number of nitrogens with zero attached hydrogens (tertiary/aromatic N) is 5. The Hall–Kier alpha value is -4.89. The maximum absolute atomic E-state index is 14.8. The number of methoxy groups -OCH3 is 1. The first-order valence-corrected chi connectivity index (χ1v) is 12.5. The first-order chi connectivity index (χ1) is 18.8. The van der Waals surface area contributed by atoms with Gasteiger partial charge in [0.1, 0.15) is 29.5 Å². The fourth-order valence-corrected chi connectivity index (χ4v) is 4.76. The molecule has 0 aliphatic carbocycles. The van der Waals surface area contributed by atoms with Crippen LogP contribution in [-0.2, 0) is 4.74 Å². The van der Waals surface area contributed by atoms with E-state index < -0.39 is 18.0 Å². The number of benzene rings is 2. The monoisotopic (exact) mass is 544 g/mol. The van der Waals surface area contributed by atoms with Gasteiger partial charge in [-0.15, -0.1) is 11.3 Å². The van der Waals surface area contributed by atoms with Gasteiger partial charge in [0.25, 0.3) is 0 Å². The Labute approximate surface area is 226 Å². The van der Waals surface area contributed by atoms with E-state index in [1.807, 2.05) is 25.1 Å². The second-order valence-electron chi connectivity index (χ2n) is 8.56. The summed E-state index contributed by atoms with van der Waals surface area (Å²) in [5, 5.41) is 12.0. The minimum absolute atomic E-state index is 0.0171. The number of thiazole rings is 1. The number of ether oxygens (including phenoxy) is 3. The van der Waals surface area contributed by atoms with Gasteiger partial charge in [-0.1, -0.05) is 0 Å². The predicted octanol–water partition coefficient (Wildman–Crippen LogP) is 5.65. The van der Waals surface area contributed by atoms with Crippen molar-refractivity contribution >= 4 is 44.4 Å². The van der Waals surface area contributed by atoms with E-state index in [4.69, 9.17) is 19.5 Å². The van der Waals surface area contributed by atoms with Crippen molar-refractivity contribution < 1.29 is 23.4 Å². The van der Waals surface area contributed by atoms with Crippen molar-refractivity contribution in [3.63, 3.8) is 0 Å². The lowest BCUT2D eigenvalue weighted by Gasteiger charge is -2.15. The zero-order chi connectivity index (χ0) is 27.5. The highest BCUT2D eigenvalue weighted by Crippen LogP contribution is 2.37. The van der Waals surface area contributed by atoms with Gasteiger partial charge < -0.3 is 14.2 Å². The zero-order valence-electron chi connectivity index (χ0n) is 21.1. The lowest BCUT2D eigenvalue weighted by molar-refractivity contribution is 0.0844. The average molecular weight is 545 g/mol. The molecule has 0 aliphatic heterocycles. The third kappa shape index (κ3) is 5.68. The normalized spacial score (nSPS) is 11.7. The lowest BCUT2D eigenvalue weighted by atomic mass is 10.1. The highest BCUT2D eigenvalue weighted by molar-refractivity contribution is 7.21. The number of halogens is 1. The Morgan fingerprint density at radius 2 is 2.00 bits per heavy atom. The molecule has 0 bridgehead atoms. The smallest absolute Gasteiger partial charge is 0.412 e. The topological polar surface area (TPSA) is 132 Å². The van der Waals surface area contributed by atoms with Gasteiger partial charge in [-0.25, -0.2) is 29.1 Å². The molecule has 3 aromatic heterocycles. The second-order valence-corrected chi connectivity index (χ2v) is 9.59. The van der Waals surface area contributed by atoms with E-state index in [9.17, 15) is 9.18 Å². The van der Waals surface area contributed by atoms with Gasteiger partial charge in [-0.05, 0) is 43.7 Å². The Morgan fingerprint density at radius 3 is 2.74 bits per heavy atom. The summed E-state index contributed by atoms with van der Waals surface area (Å²) >= 11 is 1.38. The van der Waals surface area contributed by atoms with E-state index in [-0.39, 0.29) is 18.1 Å². The Balaban J connectivity index is 1.30. The number of hydrogen-bond acceptors (Lipinski definition) is 10. The van der Waals surface area contributed by atoms with Gasteiger partial charge in [0.05, 0.1) is 46.4 Å². The van der Waals surface area contributed by atoms with Crippen LogP contribution in [0.3, 0.4) is 0 Å². The summed E-state index contributed by atoms with van der Waals surface area (Å²) in [5.74, 6) is -0.157. The molecular weight excluding hydrogens is 523 g/mol. The molecule has 0 fully saturated rings. The van der Waals surface area contributed by atoms with Crippen molar-refractivity contribution in [2.45, 2.75) is 20.0 Å². The number of carbonyl (C=O) groups is 1. The molecule has 39 heavy (non-hydrogen) atoms. The van der Waals surface area contributed by atoms with Crippen LogP contribution in [0.1, 0.15) is 18.2 Å². The van der Waals surface area contributed by atoms with E-state index in [2.05, 4.69) is 25.3 Å². The number of amides is 1. The van der Waals surface area contributed by atoms with E-state index in [0.29, 0.717) is 33.1 Å². The number of fused-ring (bicyclic) bond motifs is 2. The molecule has 0 saturated carbocycles. The van der Waals surface area contributed by atoms with Crippen LogP contribution in [0.2, 0.25) is 0 Å². The fourth-order valence-electron chi connectivity index (χ4n) is 3.77. The van der Waals surface area contributed by atoms with Crippen molar-refractivity contribution in [1.29, 1.82) is 5.26 Å². The van der Waals surface area contributed by atoms with Crippen molar-refractivity contribution in [1.82, 2.24) is 19.9 Å². The molecule has 0 saturated heterocycles. The van der Waals surface area contributed by atoms with Crippen molar-refractivity contribution in [2.75, 3.05) is 19.0 Å². The fraction of sp³-hybridized carbons (Fsp3) is 0.185. The Morgan fingerprint density at radius 1 is 1.15 bits per heavy atom. The highest BCUT2D eigenvalue weighted by Gasteiger charge is 2.17. The van der Waals surface area contributed by atoms with Crippen molar-refractivity contribution in [3.05, 3.63) is 65.9 Å². The van der Waals surface area contributed by atoms with Crippen LogP contribution in [-0.4, -0.2) is 45.8 Å². The van der Waals surface area contributed by atoms with Crippen molar-refractivity contribution in [2.24, 2.45) is 0 Å². The summed E-state index contributed by atoms with van der Waals surface area (Å²) in [6, 6.07) is 11.7. The summed E-state index contributed by atoms with van der Waals surface area (Å²) < 4.78 is 31.7.